The minimum atomic E-state index is -0.0288. The second-order valence-electron chi connectivity index (χ2n) is 6.16. The summed E-state index contributed by atoms with van der Waals surface area (Å²) < 4.78 is 5.61. The van der Waals surface area contributed by atoms with Gasteiger partial charge in [0.15, 0.2) is 0 Å². The first-order valence-corrected chi connectivity index (χ1v) is 7.92. The first-order chi connectivity index (χ1) is 10.8. The second-order valence-corrected chi connectivity index (χ2v) is 6.16. The fraction of sp³-hybridized carbons (Fsp3) is 0.562. The van der Waals surface area contributed by atoms with Gasteiger partial charge in [-0.2, -0.15) is 0 Å². The number of aromatic nitrogens is 4. The maximum atomic E-state index is 5.61. The van der Waals surface area contributed by atoms with Crippen LogP contribution in [0.25, 0.3) is 0 Å². The zero-order valence-electron chi connectivity index (χ0n) is 12.9. The summed E-state index contributed by atoms with van der Waals surface area (Å²) in [4.78, 5) is 19.5. The van der Waals surface area contributed by atoms with E-state index in [1.165, 1.54) is 11.4 Å². The van der Waals surface area contributed by atoms with Crippen LogP contribution in [0.4, 0.5) is 0 Å². The van der Waals surface area contributed by atoms with Gasteiger partial charge < -0.3 is 9.72 Å². The number of H-pyrrole nitrogens is 1. The van der Waals surface area contributed by atoms with Crippen LogP contribution >= 0.6 is 0 Å². The number of rotatable bonds is 2. The third-order valence-electron chi connectivity index (χ3n) is 4.89. The third-order valence-corrected chi connectivity index (χ3v) is 4.89. The molecule has 22 heavy (non-hydrogen) atoms. The molecule has 1 spiro atoms. The highest BCUT2D eigenvalue weighted by Gasteiger charge is 2.45. The Morgan fingerprint density at radius 3 is 3.00 bits per heavy atom. The first-order valence-electron chi connectivity index (χ1n) is 7.92. The van der Waals surface area contributed by atoms with Gasteiger partial charge in [-0.05, 0) is 25.8 Å². The molecule has 2 aromatic rings. The molecule has 4 heterocycles. The van der Waals surface area contributed by atoms with Crippen LogP contribution in [0.5, 0.6) is 0 Å². The molecular formula is C16H21N5O. The molecule has 0 radical (unpaired) electrons. The van der Waals surface area contributed by atoms with Crippen LogP contribution in [0.15, 0.2) is 18.6 Å². The molecule has 6 nitrogen and oxygen atoms in total. The van der Waals surface area contributed by atoms with Crippen LogP contribution in [0.2, 0.25) is 0 Å². The predicted octanol–water partition coefficient (Wildman–Crippen LogP) is 1.57. The number of ether oxygens (including phenoxy) is 1. The van der Waals surface area contributed by atoms with Crippen molar-refractivity contribution in [1.82, 2.24) is 24.8 Å². The Hall–Kier alpha value is -1.79. The lowest BCUT2D eigenvalue weighted by Crippen LogP contribution is -2.53. The normalized spacial score (nSPS) is 21.0. The molecule has 1 fully saturated rings. The standard InChI is InChI=1S/C16H21N5O/c1-12-2-6-17-14(20-12)10-21-7-3-13-15(19-11-18-13)16(21)4-8-22-9-5-16/h2,6,11H,3-5,7-10H2,1H3,(H,18,19). The fourth-order valence-electron chi connectivity index (χ4n) is 3.76. The van der Waals surface area contributed by atoms with Crippen molar-refractivity contribution >= 4 is 0 Å². The summed E-state index contributed by atoms with van der Waals surface area (Å²) in [6.45, 7) is 5.37. The molecule has 4 rings (SSSR count). The lowest BCUT2D eigenvalue weighted by atomic mass is 9.80. The van der Waals surface area contributed by atoms with Crippen LogP contribution in [-0.2, 0) is 23.2 Å². The zero-order valence-corrected chi connectivity index (χ0v) is 12.9. The van der Waals surface area contributed by atoms with Gasteiger partial charge in [-0.1, -0.05) is 0 Å². The summed E-state index contributed by atoms with van der Waals surface area (Å²) in [5, 5.41) is 0. The number of nitrogens with one attached hydrogen (secondary N) is 1. The quantitative estimate of drug-likeness (QED) is 0.912. The SMILES string of the molecule is Cc1ccnc(CN2CCc3[nH]cnc3C23CCOCC3)n1. The number of aryl methyl sites for hydroxylation is 1. The average molecular weight is 299 g/mol. The Kier molecular flexibility index (Phi) is 3.43. The maximum absolute atomic E-state index is 5.61. The van der Waals surface area contributed by atoms with Crippen LogP contribution in [0, 0.1) is 6.92 Å². The van der Waals surface area contributed by atoms with Gasteiger partial charge in [0.05, 0.1) is 24.1 Å². The largest absolute Gasteiger partial charge is 0.381 e. The highest BCUT2D eigenvalue weighted by molar-refractivity contribution is 5.26. The third kappa shape index (κ3) is 2.23. The second kappa shape index (κ2) is 5.44. The molecule has 0 unspecified atom stereocenters. The van der Waals surface area contributed by atoms with E-state index in [1.807, 2.05) is 25.5 Å². The van der Waals surface area contributed by atoms with Crippen molar-refractivity contribution in [3.8, 4) is 0 Å². The Labute approximate surface area is 130 Å². The van der Waals surface area contributed by atoms with E-state index in [-0.39, 0.29) is 5.54 Å². The summed E-state index contributed by atoms with van der Waals surface area (Å²) in [6.07, 6.45) is 6.64. The number of imidazole rings is 1. The molecule has 0 aromatic carbocycles. The van der Waals surface area contributed by atoms with Crippen molar-refractivity contribution in [2.24, 2.45) is 0 Å². The Balaban J connectivity index is 1.69. The van der Waals surface area contributed by atoms with Crippen molar-refractivity contribution in [3.05, 3.63) is 41.5 Å². The molecule has 6 heteroatoms. The molecule has 2 aliphatic rings. The van der Waals surface area contributed by atoms with Gasteiger partial charge >= 0.3 is 0 Å². The molecule has 0 bridgehead atoms. The lowest BCUT2D eigenvalue weighted by Gasteiger charge is -2.48. The van der Waals surface area contributed by atoms with Gasteiger partial charge in [-0.3, -0.25) is 4.90 Å². The van der Waals surface area contributed by atoms with E-state index in [9.17, 15) is 0 Å². The summed E-state index contributed by atoms with van der Waals surface area (Å²) in [6, 6.07) is 1.94. The maximum Gasteiger partial charge on any atom is 0.142 e. The molecule has 0 amide bonds. The van der Waals surface area contributed by atoms with E-state index in [0.29, 0.717) is 0 Å². The van der Waals surface area contributed by atoms with Crippen molar-refractivity contribution < 1.29 is 4.74 Å². The summed E-state index contributed by atoms with van der Waals surface area (Å²) in [5.74, 6) is 0.893. The fourth-order valence-corrected chi connectivity index (χ4v) is 3.76. The highest BCUT2D eigenvalue weighted by Crippen LogP contribution is 2.42. The van der Waals surface area contributed by atoms with Crippen molar-refractivity contribution in [2.75, 3.05) is 19.8 Å². The topological polar surface area (TPSA) is 66.9 Å². The zero-order chi connectivity index (χ0) is 15.0. The van der Waals surface area contributed by atoms with E-state index in [0.717, 1.165) is 57.1 Å². The van der Waals surface area contributed by atoms with E-state index < -0.39 is 0 Å². The smallest absolute Gasteiger partial charge is 0.142 e. The first kappa shape index (κ1) is 13.8. The van der Waals surface area contributed by atoms with Gasteiger partial charge in [0.2, 0.25) is 0 Å². The molecule has 0 saturated carbocycles. The summed E-state index contributed by atoms with van der Waals surface area (Å²) in [7, 11) is 0. The monoisotopic (exact) mass is 299 g/mol. The predicted molar refractivity (Wildman–Crippen MR) is 81.2 cm³/mol. The Morgan fingerprint density at radius 2 is 2.18 bits per heavy atom. The number of hydrogen-bond acceptors (Lipinski definition) is 5. The van der Waals surface area contributed by atoms with Crippen molar-refractivity contribution in [3.63, 3.8) is 0 Å². The van der Waals surface area contributed by atoms with E-state index >= 15 is 0 Å². The lowest BCUT2D eigenvalue weighted by molar-refractivity contribution is -0.0460. The van der Waals surface area contributed by atoms with E-state index in [1.54, 1.807) is 0 Å². The Bertz CT molecular complexity index is 662. The minimum Gasteiger partial charge on any atom is -0.381 e. The molecule has 1 saturated heterocycles. The van der Waals surface area contributed by atoms with Gasteiger partial charge in [0, 0.05) is 43.8 Å². The minimum absolute atomic E-state index is 0.0288. The molecule has 116 valence electrons. The van der Waals surface area contributed by atoms with Crippen LogP contribution in [0.1, 0.15) is 35.7 Å². The van der Waals surface area contributed by atoms with Gasteiger partial charge in [-0.25, -0.2) is 15.0 Å². The molecule has 1 N–H and O–H groups in total. The number of nitrogens with zero attached hydrogens (tertiary/aromatic N) is 4. The summed E-state index contributed by atoms with van der Waals surface area (Å²) >= 11 is 0. The number of hydrogen-bond donors (Lipinski definition) is 1. The van der Waals surface area contributed by atoms with Crippen molar-refractivity contribution in [1.29, 1.82) is 0 Å². The molecular weight excluding hydrogens is 278 g/mol. The van der Waals surface area contributed by atoms with Crippen LogP contribution in [0.3, 0.4) is 0 Å². The number of fused-ring (bicyclic) bond motifs is 2. The van der Waals surface area contributed by atoms with Crippen molar-refractivity contribution in [2.45, 2.75) is 38.3 Å². The van der Waals surface area contributed by atoms with E-state index in [2.05, 4.69) is 24.8 Å². The average Bonchev–Trinajstić information content (AvgIpc) is 3.01. The highest BCUT2D eigenvalue weighted by atomic mass is 16.5. The molecule has 2 aliphatic heterocycles. The molecule has 0 aliphatic carbocycles. The van der Waals surface area contributed by atoms with Gasteiger partial charge in [0.25, 0.3) is 0 Å². The number of aromatic amines is 1. The van der Waals surface area contributed by atoms with Crippen LogP contribution in [-0.4, -0.2) is 44.6 Å². The summed E-state index contributed by atoms with van der Waals surface area (Å²) in [5.41, 5.74) is 3.47. The van der Waals surface area contributed by atoms with E-state index in [4.69, 9.17) is 4.74 Å². The molecule has 2 aromatic heterocycles. The molecule has 0 atom stereocenters. The van der Waals surface area contributed by atoms with Gasteiger partial charge in [-0.15, -0.1) is 0 Å². The van der Waals surface area contributed by atoms with Gasteiger partial charge in [0.1, 0.15) is 5.82 Å². The Morgan fingerprint density at radius 1 is 1.32 bits per heavy atom. The van der Waals surface area contributed by atoms with Crippen LogP contribution < -0.4 is 0 Å².